The number of hydrogen-bond donors (Lipinski definition) is 3. The van der Waals surface area contributed by atoms with Crippen molar-refractivity contribution in [2.75, 3.05) is 11.9 Å². The minimum Gasteiger partial charge on any atom is -0.457 e. The molecule has 8 heteroatoms. The van der Waals surface area contributed by atoms with Crippen LogP contribution in [0.3, 0.4) is 0 Å². The van der Waals surface area contributed by atoms with Crippen molar-refractivity contribution in [3.63, 3.8) is 0 Å². The molecule has 1 amide bonds. The van der Waals surface area contributed by atoms with Gasteiger partial charge in [0, 0.05) is 18.2 Å². The Hall–Kier alpha value is -3.78. The largest absolute Gasteiger partial charge is 0.457 e. The molecule has 1 unspecified atom stereocenters. The van der Waals surface area contributed by atoms with Crippen LogP contribution >= 0.6 is 0 Å². The summed E-state index contributed by atoms with van der Waals surface area (Å²) in [5.74, 6) is 1.24. The maximum Gasteiger partial charge on any atom is 0.267 e. The van der Waals surface area contributed by atoms with E-state index in [-0.39, 0.29) is 29.3 Å². The van der Waals surface area contributed by atoms with Gasteiger partial charge in [-0.25, -0.2) is 9.97 Å². The Balaban J connectivity index is 1.82. The van der Waals surface area contributed by atoms with Crippen LogP contribution in [-0.2, 0) is 10.2 Å². The first kappa shape index (κ1) is 22.9. The van der Waals surface area contributed by atoms with Crippen LogP contribution in [0, 0.1) is 0 Å². The summed E-state index contributed by atoms with van der Waals surface area (Å²) >= 11 is 0. The number of carbonyl (C=O) groups excluding carboxylic acids is 2. The second-order valence-electron chi connectivity index (χ2n) is 8.35. The first-order valence-electron chi connectivity index (χ1n) is 10.2. The van der Waals surface area contributed by atoms with Crippen LogP contribution in [0.1, 0.15) is 36.8 Å². The number of aldehydes is 1. The first-order valence-corrected chi connectivity index (χ1v) is 10.2. The molecule has 0 aliphatic carbocycles. The van der Waals surface area contributed by atoms with Gasteiger partial charge in [-0.3, -0.25) is 4.79 Å². The van der Waals surface area contributed by atoms with Gasteiger partial charge in [-0.05, 0) is 47.4 Å². The molecule has 8 nitrogen and oxygen atoms in total. The fraction of sp³-hybridized carbons (Fsp3) is 0.250. The summed E-state index contributed by atoms with van der Waals surface area (Å²) in [6.45, 7) is 6.56. The number of ether oxygens (including phenoxy) is 1. The summed E-state index contributed by atoms with van der Waals surface area (Å²) in [4.78, 5) is 31.4. The molecule has 32 heavy (non-hydrogen) atoms. The van der Waals surface area contributed by atoms with Crippen LogP contribution in [0.4, 0.5) is 5.82 Å². The maximum atomic E-state index is 11.7. The van der Waals surface area contributed by atoms with E-state index in [0.717, 1.165) is 5.75 Å². The van der Waals surface area contributed by atoms with Gasteiger partial charge in [-0.15, -0.1) is 0 Å². The van der Waals surface area contributed by atoms with E-state index >= 15 is 0 Å². The molecule has 0 saturated carbocycles. The van der Waals surface area contributed by atoms with Crippen LogP contribution in [0.25, 0.3) is 11.4 Å². The molecule has 0 bridgehead atoms. The Morgan fingerprint density at radius 2 is 1.66 bits per heavy atom. The molecule has 0 saturated heterocycles. The van der Waals surface area contributed by atoms with E-state index in [9.17, 15) is 9.59 Å². The standard InChI is InChI=1S/C24H27N5O3/c1-24(2,3)16-6-10-19(11-7-16)32-18-8-4-15(5-9-18)23-28-20(22(26)31)12-21(29-23)27-17(13-25)14-30/h4-12,14,17H,13,25H2,1-3H3,(H2,26,31)(H,27,28,29). The Bertz CT molecular complexity index is 1090. The zero-order valence-electron chi connectivity index (χ0n) is 18.3. The molecule has 3 rings (SSSR count). The smallest absolute Gasteiger partial charge is 0.267 e. The highest BCUT2D eigenvalue weighted by Crippen LogP contribution is 2.28. The zero-order valence-corrected chi connectivity index (χ0v) is 18.3. The Morgan fingerprint density at radius 3 is 2.16 bits per heavy atom. The Morgan fingerprint density at radius 1 is 1.06 bits per heavy atom. The highest BCUT2D eigenvalue weighted by molar-refractivity contribution is 5.92. The minimum absolute atomic E-state index is 0.0263. The molecular weight excluding hydrogens is 406 g/mol. The molecule has 0 radical (unpaired) electrons. The number of nitrogens with zero attached hydrogens (tertiary/aromatic N) is 2. The lowest BCUT2D eigenvalue weighted by molar-refractivity contribution is -0.108. The van der Waals surface area contributed by atoms with Gasteiger partial charge in [0.15, 0.2) is 5.82 Å². The summed E-state index contributed by atoms with van der Waals surface area (Å²) < 4.78 is 5.92. The van der Waals surface area contributed by atoms with Crippen molar-refractivity contribution < 1.29 is 14.3 Å². The topological polar surface area (TPSA) is 133 Å². The fourth-order valence-corrected chi connectivity index (χ4v) is 2.95. The lowest BCUT2D eigenvalue weighted by Gasteiger charge is -2.19. The van der Waals surface area contributed by atoms with Crippen molar-refractivity contribution in [1.29, 1.82) is 0 Å². The van der Waals surface area contributed by atoms with E-state index in [4.69, 9.17) is 16.2 Å². The van der Waals surface area contributed by atoms with Crippen molar-refractivity contribution in [3.05, 3.63) is 65.9 Å². The lowest BCUT2D eigenvalue weighted by Crippen LogP contribution is -2.30. The molecule has 0 spiro atoms. The minimum atomic E-state index is -0.703. The van der Waals surface area contributed by atoms with Gasteiger partial charge < -0.3 is 26.3 Å². The van der Waals surface area contributed by atoms with Crippen molar-refractivity contribution in [2.24, 2.45) is 11.5 Å². The van der Waals surface area contributed by atoms with E-state index in [1.807, 2.05) is 12.1 Å². The summed E-state index contributed by atoms with van der Waals surface area (Å²) in [5, 5.41) is 2.87. The molecule has 3 aromatic rings. The summed E-state index contributed by atoms with van der Waals surface area (Å²) in [7, 11) is 0. The first-order chi connectivity index (χ1) is 15.2. The third-order valence-electron chi connectivity index (χ3n) is 4.80. The quantitative estimate of drug-likeness (QED) is 0.464. The fourth-order valence-electron chi connectivity index (χ4n) is 2.95. The van der Waals surface area contributed by atoms with E-state index < -0.39 is 11.9 Å². The molecule has 0 fully saturated rings. The number of amides is 1. The second kappa shape index (κ2) is 9.57. The number of carbonyl (C=O) groups is 2. The third kappa shape index (κ3) is 5.67. The van der Waals surface area contributed by atoms with Crippen LogP contribution in [0.5, 0.6) is 11.5 Å². The van der Waals surface area contributed by atoms with Crippen LogP contribution < -0.4 is 21.5 Å². The SMILES string of the molecule is CC(C)(C)c1ccc(Oc2ccc(-c3nc(NC(C=O)CN)cc(C(N)=O)n3)cc2)cc1. The molecular formula is C24H27N5O3. The summed E-state index contributed by atoms with van der Waals surface area (Å²) in [6, 6.07) is 15.9. The van der Waals surface area contributed by atoms with Gasteiger partial charge in [-0.2, -0.15) is 0 Å². The summed E-state index contributed by atoms with van der Waals surface area (Å²) in [5.41, 5.74) is 12.9. The van der Waals surface area contributed by atoms with Gasteiger partial charge in [0.25, 0.3) is 5.91 Å². The number of aromatic nitrogens is 2. The van der Waals surface area contributed by atoms with Gasteiger partial charge in [0.1, 0.15) is 29.3 Å². The lowest BCUT2D eigenvalue weighted by atomic mass is 9.87. The number of nitrogens with one attached hydrogen (secondary N) is 1. The molecule has 1 atom stereocenters. The van der Waals surface area contributed by atoms with E-state index in [2.05, 4.69) is 48.2 Å². The monoisotopic (exact) mass is 433 g/mol. The van der Waals surface area contributed by atoms with Crippen molar-refractivity contribution in [1.82, 2.24) is 9.97 Å². The van der Waals surface area contributed by atoms with Crippen LogP contribution in [0.2, 0.25) is 0 Å². The van der Waals surface area contributed by atoms with Crippen molar-refractivity contribution >= 4 is 18.0 Å². The van der Waals surface area contributed by atoms with Gasteiger partial charge >= 0.3 is 0 Å². The van der Waals surface area contributed by atoms with Gasteiger partial charge in [0.05, 0.1) is 6.04 Å². The number of nitrogens with two attached hydrogens (primary N) is 2. The van der Waals surface area contributed by atoms with Crippen molar-refractivity contribution in [2.45, 2.75) is 32.2 Å². The Labute approximate surface area is 187 Å². The molecule has 0 aliphatic rings. The molecule has 0 aliphatic heterocycles. The van der Waals surface area contributed by atoms with E-state index in [1.54, 1.807) is 24.3 Å². The average Bonchev–Trinajstić information content (AvgIpc) is 2.77. The van der Waals surface area contributed by atoms with E-state index in [1.165, 1.54) is 11.6 Å². The Kier molecular flexibility index (Phi) is 6.85. The molecule has 1 aromatic heterocycles. The zero-order chi connectivity index (χ0) is 23.3. The average molecular weight is 434 g/mol. The number of hydrogen-bond acceptors (Lipinski definition) is 7. The van der Waals surface area contributed by atoms with E-state index in [0.29, 0.717) is 17.6 Å². The normalized spacial score (nSPS) is 12.1. The van der Waals surface area contributed by atoms with Crippen molar-refractivity contribution in [3.8, 4) is 22.9 Å². The third-order valence-corrected chi connectivity index (χ3v) is 4.80. The molecule has 166 valence electrons. The summed E-state index contributed by atoms with van der Waals surface area (Å²) in [6.07, 6.45) is 0.673. The molecule has 2 aromatic carbocycles. The van der Waals surface area contributed by atoms with Gasteiger partial charge in [0.2, 0.25) is 0 Å². The number of benzene rings is 2. The number of primary amides is 1. The maximum absolute atomic E-state index is 11.7. The highest BCUT2D eigenvalue weighted by atomic mass is 16.5. The van der Waals surface area contributed by atoms with Crippen LogP contribution in [0.15, 0.2) is 54.6 Å². The molecule has 5 N–H and O–H groups in total. The predicted molar refractivity (Wildman–Crippen MR) is 124 cm³/mol. The molecule has 1 heterocycles. The second-order valence-corrected chi connectivity index (χ2v) is 8.35. The number of anilines is 1. The number of rotatable bonds is 8. The predicted octanol–water partition coefficient (Wildman–Crippen LogP) is 3.27. The van der Waals surface area contributed by atoms with Crippen LogP contribution in [-0.4, -0.2) is 34.7 Å². The van der Waals surface area contributed by atoms with Gasteiger partial charge in [-0.1, -0.05) is 32.9 Å². The highest BCUT2D eigenvalue weighted by Gasteiger charge is 2.14.